The summed E-state index contributed by atoms with van der Waals surface area (Å²) in [6, 6.07) is 20.9. The maximum absolute atomic E-state index is 12.6. The zero-order valence-corrected chi connectivity index (χ0v) is 22.0. The number of carbonyl (C=O) groups is 2. The lowest BCUT2D eigenvalue weighted by atomic mass is 9.83. The van der Waals surface area contributed by atoms with Crippen molar-refractivity contribution in [2.75, 3.05) is 11.9 Å². The molecule has 0 spiro atoms. The maximum atomic E-state index is 12.6. The van der Waals surface area contributed by atoms with Gasteiger partial charge >= 0.3 is 12.3 Å². The van der Waals surface area contributed by atoms with Crippen molar-refractivity contribution in [2.24, 2.45) is 0 Å². The molecule has 1 unspecified atom stereocenters. The summed E-state index contributed by atoms with van der Waals surface area (Å²) in [6.07, 6.45) is 1.90. The molecule has 0 saturated heterocycles. The van der Waals surface area contributed by atoms with E-state index < -0.39 is 12.3 Å². The molecule has 1 saturated carbocycles. The van der Waals surface area contributed by atoms with Crippen molar-refractivity contribution < 1.29 is 32.6 Å². The smallest absolute Gasteiger partial charge is 0.481 e. The van der Waals surface area contributed by atoms with Crippen LogP contribution in [0.1, 0.15) is 77.5 Å². The van der Waals surface area contributed by atoms with Gasteiger partial charge in [0.05, 0.1) is 12.5 Å². The first kappa shape index (κ1) is 29.0. The molecule has 0 aromatic heterocycles. The number of carboxylic acid groups (broad SMARTS) is 1. The summed E-state index contributed by atoms with van der Waals surface area (Å²) in [5, 5.41) is 14.7. The molecule has 0 radical (unpaired) electrons. The molecule has 6 nitrogen and oxygen atoms in total. The largest absolute Gasteiger partial charge is 0.573 e. The van der Waals surface area contributed by atoms with Crippen LogP contribution >= 0.6 is 0 Å². The van der Waals surface area contributed by atoms with E-state index in [1.807, 2.05) is 0 Å². The normalized spacial score (nSPS) is 14.8. The minimum atomic E-state index is -4.76. The Morgan fingerprint density at radius 2 is 1.55 bits per heavy atom. The third kappa shape index (κ3) is 8.76. The Morgan fingerprint density at radius 1 is 0.900 bits per heavy atom. The molecular weight excluding hydrogens is 521 g/mol. The van der Waals surface area contributed by atoms with Gasteiger partial charge in [-0.25, -0.2) is 0 Å². The summed E-state index contributed by atoms with van der Waals surface area (Å²) < 4.78 is 42.0. The number of hydrogen-bond acceptors (Lipinski definition) is 4. The highest BCUT2D eigenvalue weighted by atomic mass is 19.4. The first-order valence-corrected chi connectivity index (χ1v) is 13.5. The Balaban J connectivity index is 1.49. The monoisotopic (exact) mass is 554 g/mol. The number of halogens is 3. The van der Waals surface area contributed by atoms with Gasteiger partial charge in [-0.2, -0.15) is 0 Å². The Kier molecular flexibility index (Phi) is 9.69. The van der Waals surface area contributed by atoms with Crippen LogP contribution in [0.3, 0.4) is 0 Å². The van der Waals surface area contributed by atoms with E-state index >= 15 is 0 Å². The highest BCUT2D eigenvalue weighted by Crippen LogP contribution is 2.33. The van der Waals surface area contributed by atoms with E-state index in [4.69, 9.17) is 5.11 Å². The molecule has 1 amide bonds. The number of benzene rings is 3. The predicted octanol–water partition coefficient (Wildman–Crippen LogP) is 7.23. The minimum absolute atomic E-state index is 0.0316. The van der Waals surface area contributed by atoms with Crippen LogP contribution in [0.25, 0.3) is 0 Å². The fourth-order valence-corrected chi connectivity index (χ4v) is 5.06. The van der Waals surface area contributed by atoms with Crippen LogP contribution in [0.2, 0.25) is 0 Å². The van der Waals surface area contributed by atoms with Gasteiger partial charge in [0.2, 0.25) is 0 Å². The maximum Gasteiger partial charge on any atom is 0.573 e. The average Bonchev–Trinajstić information content (AvgIpc) is 2.93. The van der Waals surface area contributed by atoms with Gasteiger partial charge in [0.25, 0.3) is 5.91 Å². The Bertz CT molecular complexity index is 1250. The Labute approximate surface area is 231 Å². The van der Waals surface area contributed by atoms with Gasteiger partial charge in [-0.15, -0.1) is 13.2 Å². The molecule has 40 heavy (non-hydrogen) atoms. The molecule has 1 atom stereocenters. The van der Waals surface area contributed by atoms with Crippen LogP contribution in [-0.4, -0.2) is 29.9 Å². The quantitative estimate of drug-likeness (QED) is 0.233. The number of ether oxygens (including phenoxy) is 1. The topological polar surface area (TPSA) is 87.7 Å². The van der Waals surface area contributed by atoms with Gasteiger partial charge in [0, 0.05) is 17.8 Å². The number of nitrogens with one attached hydrogen (secondary N) is 2. The second-order valence-electron chi connectivity index (χ2n) is 10.1. The number of alkyl halides is 3. The predicted molar refractivity (Wildman–Crippen MR) is 146 cm³/mol. The van der Waals surface area contributed by atoms with Crippen molar-refractivity contribution in [3.05, 3.63) is 95.1 Å². The summed E-state index contributed by atoms with van der Waals surface area (Å²) in [4.78, 5) is 22.9. The Morgan fingerprint density at radius 3 is 2.15 bits per heavy atom. The molecule has 3 N–H and O–H groups in total. The van der Waals surface area contributed by atoms with Gasteiger partial charge in [-0.05, 0) is 78.3 Å². The molecule has 0 heterocycles. The zero-order valence-electron chi connectivity index (χ0n) is 22.0. The fraction of sp³-hybridized carbons (Fsp3) is 0.355. The number of anilines is 1. The molecule has 212 valence electrons. The van der Waals surface area contributed by atoms with Gasteiger partial charge in [0.15, 0.2) is 0 Å². The number of carbonyl (C=O) groups excluding carboxylic acids is 1. The average molecular weight is 555 g/mol. The lowest BCUT2D eigenvalue weighted by Crippen LogP contribution is -2.25. The standard InChI is InChI=1S/C31H33F3N2O4/c32-31(33,34)40-27-16-12-24(13-17-27)28(20-21-6-8-23(9-7-21)22-4-2-1-3-5-22)36-26-14-10-25(11-15-26)30(39)35-19-18-29(37)38/h6-17,22,28,36H,1-5,18-20H2,(H,35,39)(H,37,38). The SMILES string of the molecule is O=C(O)CCNC(=O)c1ccc(NC(Cc2ccc(C3CCCCC3)cc2)c2ccc(OC(F)(F)F)cc2)cc1. The number of carboxylic acids is 1. The second-order valence-corrected chi connectivity index (χ2v) is 10.1. The highest BCUT2D eigenvalue weighted by molar-refractivity contribution is 5.94. The van der Waals surface area contributed by atoms with Crippen molar-refractivity contribution in [1.82, 2.24) is 5.32 Å². The van der Waals surface area contributed by atoms with Gasteiger partial charge < -0.3 is 20.5 Å². The second kappa shape index (κ2) is 13.4. The summed E-state index contributed by atoms with van der Waals surface area (Å²) >= 11 is 0. The first-order valence-electron chi connectivity index (χ1n) is 13.5. The van der Waals surface area contributed by atoms with Crippen LogP contribution in [0.5, 0.6) is 5.75 Å². The summed E-state index contributed by atoms with van der Waals surface area (Å²) in [5.74, 6) is -1.06. The van der Waals surface area contributed by atoms with E-state index in [0.717, 1.165) is 16.8 Å². The number of rotatable bonds is 11. The van der Waals surface area contributed by atoms with Crippen LogP contribution in [-0.2, 0) is 11.2 Å². The van der Waals surface area contributed by atoms with E-state index in [1.54, 1.807) is 36.4 Å². The van der Waals surface area contributed by atoms with E-state index in [0.29, 0.717) is 17.9 Å². The minimum Gasteiger partial charge on any atom is -0.481 e. The van der Waals surface area contributed by atoms with Crippen LogP contribution < -0.4 is 15.4 Å². The molecule has 1 aliphatic rings. The Hall–Kier alpha value is -4.01. The third-order valence-corrected chi connectivity index (χ3v) is 7.12. The summed E-state index contributed by atoms with van der Waals surface area (Å²) in [6.45, 7) is 0.0316. The molecule has 1 fully saturated rings. The summed E-state index contributed by atoms with van der Waals surface area (Å²) in [7, 11) is 0. The third-order valence-electron chi connectivity index (χ3n) is 7.12. The fourth-order valence-electron chi connectivity index (χ4n) is 5.06. The van der Waals surface area contributed by atoms with Crippen molar-refractivity contribution in [2.45, 2.75) is 63.3 Å². The van der Waals surface area contributed by atoms with E-state index in [1.165, 1.54) is 49.8 Å². The lowest BCUT2D eigenvalue weighted by molar-refractivity contribution is -0.274. The van der Waals surface area contributed by atoms with Crippen LogP contribution in [0, 0.1) is 0 Å². The number of aliphatic carboxylic acids is 1. The lowest BCUT2D eigenvalue weighted by Gasteiger charge is -2.23. The van der Waals surface area contributed by atoms with Crippen molar-refractivity contribution in [1.29, 1.82) is 0 Å². The van der Waals surface area contributed by atoms with Gasteiger partial charge in [-0.1, -0.05) is 55.7 Å². The molecular formula is C31H33F3N2O4. The van der Waals surface area contributed by atoms with E-state index in [9.17, 15) is 22.8 Å². The highest BCUT2D eigenvalue weighted by Gasteiger charge is 2.31. The van der Waals surface area contributed by atoms with E-state index in [-0.39, 0.29) is 30.7 Å². The van der Waals surface area contributed by atoms with Crippen LogP contribution in [0.4, 0.5) is 18.9 Å². The van der Waals surface area contributed by atoms with Crippen molar-refractivity contribution >= 4 is 17.6 Å². The first-order chi connectivity index (χ1) is 19.2. The molecule has 9 heteroatoms. The number of amides is 1. The summed E-state index contributed by atoms with van der Waals surface area (Å²) in [5.41, 5.74) is 4.32. The zero-order chi connectivity index (χ0) is 28.5. The number of hydrogen-bond donors (Lipinski definition) is 3. The van der Waals surface area contributed by atoms with E-state index in [2.05, 4.69) is 39.6 Å². The molecule has 0 aliphatic heterocycles. The van der Waals surface area contributed by atoms with Crippen LogP contribution in [0.15, 0.2) is 72.8 Å². The van der Waals surface area contributed by atoms with Crippen molar-refractivity contribution in [3.8, 4) is 5.75 Å². The van der Waals surface area contributed by atoms with Gasteiger partial charge in [-0.3, -0.25) is 9.59 Å². The molecule has 4 rings (SSSR count). The molecule has 1 aliphatic carbocycles. The molecule has 3 aromatic carbocycles. The van der Waals surface area contributed by atoms with Gasteiger partial charge in [0.1, 0.15) is 5.75 Å². The molecule has 3 aromatic rings. The van der Waals surface area contributed by atoms with Crippen molar-refractivity contribution in [3.63, 3.8) is 0 Å². The molecule has 0 bridgehead atoms.